The van der Waals surface area contributed by atoms with Crippen molar-refractivity contribution < 1.29 is 0 Å². The van der Waals surface area contributed by atoms with Crippen LogP contribution in [-0.4, -0.2) is 25.0 Å². The second-order valence-electron chi connectivity index (χ2n) is 3.94. The van der Waals surface area contributed by atoms with Gasteiger partial charge in [0.1, 0.15) is 0 Å². The summed E-state index contributed by atoms with van der Waals surface area (Å²) in [5.74, 6) is 0.861. The van der Waals surface area contributed by atoms with Gasteiger partial charge in [0.05, 0.1) is 0 Å². The Morgan fingerprint density at radius 2 is 2.33 bits per heavy atom. The summed E-state index contributed by atoms with van der Waals surface area (Å²) < 4.78 is 0. The van der Waals surface area contributed by atoms with Gasteiger partial charge in [0.15, 0.2) is 0 Å². The molecule has 1 fully saturated rings. The lowest BCUT2D eigenvalue weighted by Gasteiger charge is -2.17. The molecule has 0 saturated carbocycles. The summed E-state index contributed by atoms with van der Waals surface area (Å²) in [6.45, 7) is 2.52. The van der Waals surface area contributed by atoms with E-state index in [9.17, 15) is 0 Å². The third-order valence-corrected chi connectivity index (χ3v) is 3.03. The zero-order valence-electron chi connectivity index (χ0n) is 7.79. The van der Waals surface area contributed by atoms with Gasteiger partial charge in [0, 0.05) is 6.54 Å². The summed E-state index contributed by atoms with van der Waals surface area (Å²) in [7, 11) is 2.23. The van der Waals surface area contributed by atoms with Crippen molar-refractivity contribution in [3.8, 4) is 0 Å². The predicted molar refractivity (Wildman–Crippen MR) is 52.1 cm³/mol. The standard InChI is InChI=1S/C11H17N/c1-12-8-6-10-4-2-3-5-11(10)7-9-12/h2-4,11H,5-9H2,1H3. The highest BCUT2D eigenvalue weighted by Crippen LogP contribution is 2.28. The second-order valence-corrected chi connectivity index (χ2v) is 3.94. The van der Waals surface area contributed by atoms with Gasteiger partial charge in [-0.1, -0.05) is 23.8 Å². The van der Waals surface area contributed by atoms with Crippen molar-refractivity contribution in [3.63, 3.8) is 0 Å². The van der Waals surface area contributed by atoms with E-state index in [1.165, 1.54) is 32.4 Å². The maximum Gasteiger partial charge on any atom is 0.00157 e. The first-order valence-electron chi connectivity index (χ1n) is 4.90. The van der Waals surface area contributed by atoms with E-state index in [1.54, 1.807) is 5.57 Å². The van der Waals surface area contributed by atoms with Gasteiger partial charge >= 0.3 is 0 Å². The Morgan fingerprint density at radius 3 is 3.25 bits per heavy atom. The summed E-state index contributed by atoms with van der Waals surface area (Å²) >= 11 is 0. The summed E-state index contributed by atoms with van der Waals surface area (Å²) in [6, 6.07) is 0. The molecule has 1 nitrogen and oxygen atoms in total. The number of nitrogens with zero attached hydrogens (tertiary/aromatic N) is 1. The second kappa shape index (κ2) is 3.44. The number of hydrogen-bond acceptors (Lipinski definition) is 1. The Labute approximate surface area is 74.8 Å². The molecule has 2 aliphatic rings. The van der Waals surface area contributed by atoms with Crippen LogP contribution in [0.4, 0.5) is 0 Å². The van der Waals surface area contributed by atoms with Crippen LogP contribution in [0, 0.1) is 5.92 Å². The lowest BCUT2D eigenvalue weighted by atomic mass is 9.88. The van der Waals surface area contributed by atoms with Crippen LogP contribution in [0.25, 0.3) is 0 Å². The first kappa shape index (κ1) is 8.06. The van der Waals surface area contributed by atoms with Crippen molar-refractivity contribution in [2.75, 3.05) is 20.1 Å². The van der Waals surface area contributed by atoms with E-state index in [-0.39, 0.29) is 0 Å². The van der Waals surface area contributed by atoms with Crippen molar-refractivity contribution in [1.29, 1.82) is 0 Å². The van der Waals surface area contributed by atoms with Crippen molar-refractivity contribution in [2.24, 2.45) is 5.92 Å². The Kier molecular flexibility index (Phi) is 2.31. The molecule has 12 heavy (non-hydrogen) atoms. The van der Waals surface area contributed by atoms with Crippen LogP contribution in [-0.2, 0) is 0 Å². The zero-order valence-corrected chi connectivity index (χ0v) is 7.79. The molecule has 1 saturated heterocycles. The summed E-state index contributed by atoms with van der Waals surface area (Å²) in [5.41, 5.74) is 1.68. The SMILES string of the molecule is CN1CCC2=CC=CCC2CC1. The number of allylic oxidation sites excluding steroid dienone is 3. The van der Waals surface area contributed by atoms with Crippen LogP contribution < -0.4 is 0 Å². The van der Waals surface area contributed by atoms with E-state index in [0.29, 0.717) is 0 Å². The minimum Gasteiger partial charge on any atom is -0.306 e. The molecule has 0 aromatic rings. The minimum atomic E-state index is 0.861. The molecule has 2 rings (SSSR count). The van der Waals surface area contributed by atoms with Crippen molar-refractivity contribution >= 4 is 0 Å². The van der Waals surface area contributed by atoms with Gasteiger partial charge in [0.2, 0.25) is 0 Å². The number of hydrogen-bond donors (Lipinski definition) is 0. The summed E-state index contributed by atoms with van der Waals surface area (Å²) in [5, 5.41) is 0. The fourth-order valence-corrected chi connectivity index (χ4v) is 2.12. The molecule has 0 amide bonds. The topological polar surface area (TPSA) is 3.24 Å². The van der Waals surface area contributed by atoms with Crippen LogP contribution in [0.15, 0.2) is 23.8 Å². The van der Waals surface area contributed by atoms with Crippen LogP contribution >= 0.6 is 0 Å². The smallest absolute Gasteiger partial charge is 0.00157 e. The van der Waals surface area contributed by atoms with E-state index >= 15 is 0 Å². The number of fused-ring (bicyclic) bond motifs is 1. The quantitative estimate of drug-likeness (QED) is 0.529. The van der Waals surface area contributed by atoms with Gasteiger partial charge in [-0.2, -0.15) is 0 Å². The molecule has 0 spiro atoms. The molecule has 0 radical (unpaired) electrons. The van der Waals surface area contributed by atoms with Crippen molar-refractivity contribution in [1.82, 2.24) is 4.90 Å². The molecule has 0 N–H and O–H groups in total. The Hall–Kier alpha value is -0.560. The molecular weight excluding hydrogens is 146 g/mol. The largest absolute Gasteiger partial charge is 0.306 e. The molecule has 1 aliphatic carbocycles. The van der Waals surface area contributed by atoms with Gasteiger partial charge < -0.3 is 4.90 Å². The molecule has 0 aromatic heterocycles. The van der Waals surface area contributed by atoms with E-state index < -0.39 is 0 Å². The summed E-state index contributed by atoms with van der Waals surface area (Å²) in [6.07, 6.45) is 10.8. The molecule has 0 bridgehead atoms. The Morgan fingerprint density at radius 1 is 1.42 bits per heavy atom. The molecule has 0 aromatic carbocycles. The van der Waals surface area contributed by atoms with Gasteiger partial charge in [0.25, 0.3) is 0 Å². The van der Waals surface area contributed by atoms with E-state index in [0.717, 1.165) is 5.92 Å². The lowest BCUT2D eigenvalue weighted by molar-refractivity contribution is 0.342. The molecule has 66 valence electrons. The normalized spacial score (nSPS) is 30.8. The van der Waals surface area contributed by atoms with Gasteiger partial charge in [-0.25, -0.2) is 0 Å². The molecule has 1 unspecified atom stereocenters. The third kappa shape index (κ3) is 1.61. The predicted octanol–water partition coefficient (Wildman–Crippen LogP) is 2.21. The monoisotopic (exact) mass is 163 g/mol. The highest BCUT2D eigenvalue weighted by molar-refractivity contribution is 5.21. The number of rotatable bonds is 0. The maximum atomic E-state index is 2.44. The van der Waals surface area contributed by atoms with Crippen LogP contribution in [0.3, 0.4) is 0 Å². The average molecular weight is 163 g/mol. The minimum absolute atomic E-state index is 0.861. The lowest BCUT2D eigenvalue weighted by Crippen LogP contribution is -2.18. The Bertz CT molecular complexity index is 215. The van der Waals surface area contributed by atoms with Crippen LogP contribution in [0.1, 0.15) is 19.3 Å². The van der Waals surface area contributed by atoms with Gasteiger partial charge in [-0.15, -0.1) is 0 Å². The summed E-state index contributed by atoms with van der Waals surface area (Å²) in [4.78, 5) is 2.44. The van der Waals surface area contributed by atoms with Gasteiger partial charge in [-0.05, 0) is 38.8 Å². The average Bonchev–Trinajstić information content (AvgIpc) is 2.29. The highest BCUT2D eigenvalue weighted by atomic mass is 15.1. The van der Waals surface area contributed by atoms with Crippen molar-refractivity contribution in [2.45, 2.75) is 19.3 Å². The Balaban J connectivity index is 2.09. The van der Waals surface area contributed by atoms with Gasteiger partial charge in [-0.3, -0.25) is 0 Å². The van der Waals surface area contributed by atoms with Crippen LogP contribution in [0.5, 0.6) is 0 Å². The zero-order chi connectivity index (χ0) is 8.39. The molecular formula is C11H17N. The maximum absolute atomic E-state index is 2.44. The van der Waals surface area contributed by atoms with E-state index in [2.05, 4.69) is 30.2 Å². The first-order valence-corrected chi connectivity index (χ1v) is 4.90. The molecule has 1 heteroatoms. The number of likely N-dealkylation sites (tertiary alicyclic amines) is 1. The molecule has 1 atom stereocenters. The molecule has 1 heterocycles. The highest BCUT2D eigenvalue weighted by Gasteiger charge is 2.19. The third-order valence-electron chi connectivity index (χ3n) is 3.03. The molecule has 1 aliphatic heterocycles. The van der Waals surface area contributed by atoms with Crippen LogP contribution in [0.2, 0.25) is 0 Å². The van der Waals surface area contributed by atoms with E-state index in [1.807, 2.05) is 0 Å². The fraction of sp³-hybridized carbons (Fsp3) is 0.636. The fourth-order valence-electron chi connectivity index (χ4n) is 2.12. The van der Waals surface area contributed by atoms with Crippen molar-refractivity contribution in [3.05, 3.63) is 23.8 Å². The van der Waals surface area contributed by atoms with E-state index in [4.69, 9.17) is 0 Å². The first-order chi connectivity index (χ1) is 5.86.